The summed E-state index contributed by atoms with van der Waals surface area (Å²) in [6.45, 7) is 0. The van der Waals surface area contributed by atoms with Crippen LogP contribution in [-0.4, -0.2) is 6.29 Å². The average Bonchev–Trinajstić information content (AvgIpc) is 3.09. The van der Waals surface area contributed by atoms with Crippen LogP contribution in [-0.2, 0) is 0 Å². The lowest BCUT2D eigenvalue weighted by molar-refractivity contribution is 0.112. The summed E-state index contributed by atoms with van der Waals surface area (Å²) in [4.78, 5) is 13.8. The van der Waals surface area contributed by atoms with Crippen molar-refractivity contribution in [3.05, 3.63) is 34.0 Å². The van der Waals surface area contributed by atoms with Crippen LogP contribution in [0.15, 0.2) is 22.9 Å². The number of hydrogen-bond donors (Lipinski definition) is 0. The number of carbonyl (C=O) groups excluding carboxylic acids is 1. The van der Waals surface area contributed by atoms with Crippen LogP contribution in [0, 0.1) is 0 Å². The van der Waals surface area contributed by atoms with Gasteiger partial charge in [-0.3, -0.25) is 4.79 Å². The quantitative estimate of drug-likeness (QED) is 0.715. The van der Waals surface area contributed by atoms with Gasteiger partial charge in [-0.05, 0) is 35.8 Å². The molecule has 0 radical (unpaired) electrons. The molecule has 88 valence electrons. The van der Waals surface area contributed by atoms with Crippen LogP contribution in [0.3, 0.4) is 0 Å². The van der Waals surface area contributed by atoms with E-state index in [0.29, 0.717) is 5.92 Å². The summed E-state index contributed by atoms with van der Waals surface area (Å²) in [6, 6.07) is 4.24. The Morgan fingerprint density at radius 3 is 2.71 bits per heavy atom. The van der Waals surface area contributed by atoms with Crippen LogP contribution in [0.4, 0.5) is 0 Å². The van der Waals surface area contributed by atoms with Crippen molar-refractivity contribution in [3.63, 3.8) is 0 Å². The van der Waals surface area contributed by atoms with Gasteiger partial charge in [0, 0.05) is 20.7 Å². The first-order valence-electron chi connectivity index (χ1n) is 6.00. The summed E-state index contributed by atoms with van der Waals surface area (Å²) in [5, 5.41) is 4.13. The van der Waals surface area contributed by atoms with Gasteiger partial charge in [0.05, 0.1) is 0 Å². The van der Waals surface area contributed by atoms with Gasteiger partial charge >= 0.3 is 0 Å². The fraction of sp³-hybridized carbons (Fsp3) is 0.357. The maximum Gasteiger partial charge on any atom is 0.151 e. The van der Waals surface area contributed by atoms with E-state index in [1.807, 2.05) is 5.38 Å². The second-order valence-corrected chi connectivity index (χ2v) is 6.34. The monoisotopic (exact) mass is 262 g/mol. The van der Waals surface area contributed by atoms with Crippen molar-refractivity contribution >= 4 is 29.0 Å². The van der Waals surface area contributed by atoms with Gasteiger partial charge in [0.2, 0.25) is 0 Å². The van der Waals surface area contributed by atoms with E-state index in [1.165, 1.54) is 41.0 Å². The Kier molecular flexibility index (Phi) is 3.12. The molecule has 3 heteroatoms. The predicted octanol–water partition coefficient (Wildman–Crippen LogP) is 4.95. The third kappa shape index (κ3) is 1.98. The first-order chi connectivity index (χ1) is 8.40. The molecule has 0 unspecified atom stereocenters. The minimum atomic E-state index is 0.610. The molecular formula is C14H14OS2. The van der Waals surface area contributed by atoms with Crippen LogP contribution < -0.4 is 0 Å². The van der Waals surface area contributed by atoms with Crippen molar-refractivity contribution in [1.29, 1.82) is 0 Å². The van der Waals surface area contributed by atoms with E-state index in [1.54, 1.807) is 22.7 Å². The van der Waals surface area contributed by atoms with Crippen LogP contribution in [0.5, 0.6) is 0 Å². The van der Waals surface area contributed by atoms with E-state index in [0.717, 1.165) is 11.8 Å². The van der Waals surface area contributed by atoms with E-state index in [9.17, 15) is 4.79 Å². The lowest BCUT2D eigenvalue weighted by atomic mass is 9.94. The molecule has 0 spiro atoms. The van der Waals surface area contributed by atoms with Gasteiger partial charge in [0.15, 0.2) is 6.29 Å². The highest BCUT2D eigenvalue weighted by Gasteiger charge is 2.25. The van der Waals surface area contributed by atoms with Crippen LogP contribution in [0.2, 0.25) is 0 Å². The smallest absolute Gasteiger partial charge is 0.151 e. The summed E-state index contributed by atoms with van der Waals surface area (Å²) in [7, 11) is 0. The highest BCUT2D eigenvalue weighted by molar-refractivity contribution is 7.20. The summed E-state index contributed by atoms with van der Waals surface area (Å²) in [6.07, 6.45) is 6.14. The number of aldehydes is 1. The topological polar surface area (TPSA) is 17.1 Å². The van der Waals surface area contributed by atoms with Gasteiger partial charge in [-0.25, -0.2) is 0 Å². The molecule has 0 atom stereocenters. The molecule has 0 bridgehead atoms. The summed E-state index contributed by atoms with van der Waals surface area (Å²) >= 11 is 3.49. The van der Waals surface area contributed by atoms with Crippen molar-refractivity contribution in [2.75, 3.05) is 0 Å². The molecule has 2 aromatic heterocycles. The maximum atomic E-state index is 11.2. The normalized spacial score (nSPS) is 16.5. The van der Waals surface area contributed by atoms with Gasteiger partial charge in [0.1, 0.15) is 0 Å². The third-order valence-corrected chi connectivity index (χ3v) is 5.56. The van der Waals surface area contributed by atoms with E-state index in [2.05, 4.69) is 17.5 Å². The van der Waals surface area contributed by atoms with Crippen molar-refractivity contribution in [1.82, 2.24) is 0 Å². The Morgan fingerprint density at radius 2 is 2.06 bits per heavy atom. The molecule has 0 saturated heterocycles. The Labute approximate surface area is 109 Å². The molecule has 0 N–H and O–H groups in total. The molecule has 3 rings (SSSR count). The summed E-state index contributed by atoms with van der Waals surface area (Å²) in [5.74, 6) is 0.610. The van der Waals surface area contributed by atoms with Crippen molar-refractivity contribution < 1.29 is 4.79 Å². The molecule has 1 saturated carbocycles. The zero-order chi connectivity index (χ0) is 11.7. The summed E-state index contributed by atoms with van der Waals surface area (Å²) in [5.41, 5.74) is 2.25. The van der Waals surface area contributed by atoms with Gasteiger partial charge in [-0.2, -0.15) is 0 Å². The largest absolute Gasteiger partial charge is 0.298 e. The lowest BCUT2D eigenvalue weighted by Gasteiger charge is -2.11. The molecule has 1 aliphatic rings. The van der Waals surface area contributed by atoms with E-state index in [-0.39, 0.29) is 0 Å². The van der Waals surface area contributed by atoms with Crippen molar-refractivity contribution in [2.24, 2.45) is 0 Å². The molecule has 2 aromatic rings. The van der Waals surface area contributed by atoms with Gasteiger partial charge in [-0.15, -0.1) is 22.7 Å². The zero-order valence-corrected chi connectivity index (χ0v) is 11.2. The first-order valence-corrected chi connectivity index (χ1v) is 7.76. The minimum absolute atomic E-state index is 0.610. The molecule has 1 fully saturated rings. The Bertz CT molecular complexity index is 504. The predicted molar refractivity (Wildman–Crippen MR) is 74.2 cm³/mol. The lowest BCUT2D eigenvalue weighted by Crippen LogP contribution is -1.96. The highest BCUT2D eigenvalue weighted by Crippen LogP contribution is 2.44. The second kappa shape index (κ2) is 4.75. The number of thiophene rings is 2. The number of hydrogen-bond acceptors (Lipinski definition) is 3. The van der Waals surface area contributed by atoms with E-state index >= 15 is 0 Å². The standard InChI is InChI=1S/C14H14OS2/c15-8-11-9-17-14(12-6-3-7-16-12)13(11)10-4-1-2-5-10/h3,6-10H,1-2,4-5H2. The molecule has 0 amide bonds. The average molecular weight is 262 g/mol. The van der Waals surface area contributed by atoms with Crippen LogP contribution >= 0.6 is 22.7 Å². The molecular weight excluding hydrogens is 248 g/mol. The minimum Gasteiger partial charge on any atom is -0.298 e. The molecule has 17 heavy (non-hydrogen) atoms. The maximum absolute atomic E-state index is 11.2. The second-order valence-electron chi connectivity index (χ2n) is 4.51. The van der Waals surface area contributed by atoms with E-state index < -0.39 is 0 Å². The van der Waals surface area contributed by atoms with Crippen LogP contribution in [0.25, 0.3) is 9.75 Å². The van der Waals surface area contributed by atoms with Crippen molar-refractivity contribution in [2.45, 2.75) is 31.6 Å². The molecule has 0 aromatic carbocycles. The SMILES string of the molecule is O=Cc1csc(-c2cccs2)c1C1CCCC1. The third-order valence-electron chi connectivity index (χ3n) is 3.49. The Balaban J connectivity index is 2.09. The molecule has 2 heterocycles. The van der Waals surface area contributed by atoms with Gasteiger partial charge < -0.3 is 0 Å². The first kappa shape index (κ1) is 11.2. The number of rotatable bonds is 3. The molecule has 1 nitrogen and oxygen atoms in total. The van der Waals surface area contributed by atoms with Gasteiger partial charge in [0.25, 0.3) is 0 Å². The Morgan fingerprint density at radius 1 is 1.24 bits per heavy atom. The fourth-order valence-corrected chi connectivity index (χ4v) is 4.70. The van der Waals surface area contributed by atoms with Gasteiger partial charge in [-0.1, -0.05) is 18.9 Å². The highest BCUT2D eigenvalue weighted by atomic mass is 32.1. The summed E-state index contributed by atoms with van der Waals surface area (Å²) < 4.78 is 0. The van der Waals surface area contributed by atoms with E-state index in [4.69, 9.17) is 0 Å². The zero-order valence-electron chi connectivity index (χ0n) is 9.52. The Hall–Kier alpha value is -0.930. The van der Waals surface area contributed by atoms with Crippen molar-refractivity contribution in [3.8, 4) is 9.75 Å². The van der Waals surface area contributed by atoms with Crippen LogP contribution in [0.1, 0.15) is 47.5 Å². The molecule has 0 aliphatic heterocycles. The molecule has 1 aliphatic carbocycles. The number of carbonyl (C=O) groups is 1. The fourth-order valence-electron chi connectivity index (χ4n) is 2.71.